The average Bonchev–Trinajstić information content (AvgIpc) is 2.97. The van der Waals surface area contributed by atoms with Gasteiger partial charge >= 0.3 is 5.63 Å². The molecule has 0 saturated carbocycles. The van der Waals surface area contributed by atoms with Crippen LogP contribution >= 0.6 is 0 Å². The molecule has 4 rings (SSSR count). The molecule has 3 heterocycles. The Kier molecular flexibility index (Phi) is 3.95. The molecular weight excluding hydrogens is 306 g/mol. The Morgan fingerprint density at radius 3 is 2.50 bits per heavy atom. The second-order valence-corrected chi connectivity index (χ2v) is 7.08. The van der Waals surface area contributed by atoms with E-state index in [-0.39, 0.29) is 11.4 Å². The van der Waals surface area contributed by atoms with Crippen molar-refractivity contribution in [3.05, 3.63) is 45.3 Å². The molecule has 1 N–H and O–H groups in total. The summed E-state index contributed by atoms with van der Waals surface area (Å²) in [5, 5.41) is 1.08. The molecule has 24 heavy (non-hydrogen) atoms. The maximum atomic E-state index is 12.0. The van der Waals surface area contributed by atoms with E-state index in [9.17, 15) is 4.79 Å². The molecule has 128 valence electrons. The van der Waals surface area contributed by atoms with E-state index in [2.05, 4.69) is 13.0 Å². The zero-order valence-corrected chi connectivity index (χ0v) is 14.3. The third-order valence-electron chi connectivity index (χ3n) is 5.24. The molecule has 2 aliphatic rings. The van der Waals surface area contributed by atoms with Crippen LogP contribution in [0, 0.1) is 13.8 Å². The second kappa shape index (κ2) is 5.99. The first-order valence-corrected chi connectivity index (χ1v) is 8.70. The Labute approximate surface area is 141 Å². The number of likely N-dealkylation sites (tertiary alicyclic amines) is 1. The summed E-state index contributed by atoms with van der Waals surface area (Å²) in [6, 6.07) is 5.76. The Morgan fingerprint density at radius 1 is 1.08 bits per heavy atom. The van der Waals surface area contributed by atoms with E-state index >= 15 is 0 Å². The van der Waals surface area contributed by atoms with Crippen molar-refractivity contribution < 1.29 is 18.8 Å². The lowest BCUT2D eigenvalue weighted by atomic mass is 10.00. The molecule has 0 unspecified atom stereocenters. The lowest BCUT2D eigenvalue weighted by molar-refractivity contribution is -0.922. The molecule has 2 aliphatic heterocycles. The largest absolute Gasteiger partial charge is 0.423 e. The van der Waals surface area contributed by atoms with E-state index in [1.165, 1.54) is 10.5 Å². The quantitative estimate of drug-likeness (QED) is 0.844. The number of nitrogens with one attached hydrogen (secondary N) is 1. The molecule has 1 aromatic carbocycles. The van der Waals surface area contributed by atoms with Gasteiger partial charge in [0.2, 0.25) is 0 Å². The number of aryl methyl sites for hydroxylation is 2. The van der Waals surface area contributed by atoms with Gasteiger partial charge in [-0.15, -0.1) is 0 Å². The van der Waals surface area contributed by atoms with Crippen molar-refractivity contribution in [1.82, 2.24) is 0 Å². The van der Waals surface area contributed by atoms with Crippen LogP contribution in [0.3, 0.4) is 0 Å². The van der Waals surface area contributed by atoms with Gasteiger partial charge in [-0.3, -0.25) is 0 Å². The Balaban J connectivity index is 1.60. The zero-order valence-electron chi connectivity index (χ0n) is 14.3. The van der Waals surface area contributed by atoms with Crippen molar-refractivity contribution in [3.8, 4) is 0 Å². The number of rotatable bonds is 2. The van der Waals surface area contributed by atoms with Crippen molar-refractivity contribution in [3.63, 3.8) is 0 Å². The topological polar surface area (TPSA) is 53.1 Å². The fraction of sp³-hybridized carbons (Fsp3) is 0.526. The summed E-state index contributed by atoms with van der Waals surface area (Å²) < 4.78 is 17.0. The van der Waals surface area contributed by atoms with Crippen LogP contribution < -0.4 is 10.5 Å². The first-order chi connectivity index (χ1) is 11.5. The van der Waals surface area contributed by atoms with Gasteiger partial charge in [-0.1, -0.05) is 6.07 Å². The van der Waals surface area contributed by atoms with Gasteiger partial charge in [0, 0.05) is 17.0 Å². The van der Waals surface area contributed by atoms with Crippen LogP contribution in [0.25, 0.3) is 11.0 Å². The Morgan fingerprint density at radius 2 is 1.79 bits per heavy atom. The van der Waals surface area contributed by atoms with Crippen LogP contribution in [0.15, 0.2) is 27.4 Å². The normalized spacial score (nSPS) is 20.9. The molecule has 2 aromatic rings. The van der Waals surface area contributed by atoms with Gasteiger partial charge in [-0.2, -0.15) is 0 Å². The van der Waals surface area contributed by atoms with Gasteiger partial charge in [0.15, 0.2) is 5.79 Å². The summed E-state index contributed by atoms with van der Waals surface area (Å²) in [6.07, 6.45) is 1.83. The van der Waals surface area contributed by atoms with Crippen LogP contribution in [0.1, 0.15) is 29.5 Å². The van der Waals surface area contributed by atoms with E-state index in [4.69, 9.17) is 13.9 Å². The van der Waals surface area contributed by atoms with E-state index < -0.39 is 0 Å². The smallest absolute Gasteiger partial charge is 0.336 e. The molecule has 0 bridgehead atoms. The minimum Gasteiger partial charge on any atom is -0.423 e. The van der Waals surface area contributed by atoms with E-state index in [0.29, 0.717) is 18.8 Å². The van der Waals surface area contributed by atoms with Gasteiger partial charge in [0.1, 0.15) is 12.1 Å². The third kappa shape index (κ3) is 2.88. The monoisotopic (exact) mass is 330 g/mol. The van der Waals surface area contributed by atoms with Gasteiger partial charge in [-0.25, -0.2) is 4.79 Å². The molecule has 1 spiro atoms. The van der Waals surface area contributed by atoms with Crippen LogP contribution in [-0.2, 0) is 16.0 Å². The number of benzene rings is 1. The van der Waals surface area contributed by atoms with Crippen molar-refractivity contribution in [1.29, 1.82) is 0 Å². The number of ether oxygens (including phenoxy) is 2. The Bertz CT molecular complexity index is 810. The van der Waals surface area contributed by atoms with Crippen LogP contribution in [0.2, 0.25) is 0 Å². The zero-order chi connectivity index (χ0) is 16.7. The Hall–Kier alpha value is -1.69. The number of piperidine rings is 1. The molecule has 0 atom stereocenters. The lowest BCUT2D eigenvalue weighted by Crippen LogP contribution is -3.12. The van der Waals surface area contributed by atoms with Gasteiger partial charge in [0.25, 0.3) is 0 Å². The van der Waals surface area contributed by atoms with Gasteiger partial charge in [0.05, 0.1) is 39.1 Å². The van der Waals surface area contributed by atoms with Crippen molar-refractivity contribution in [2.45, 2.75) is 39.0 Å². The maximum absolute atomic E-state index is 12.0. The van der Waals surface area contributed by atoms with Gasteiger partial charge in [-0.05, 0) is 31.0 Å². The highest BCUT2D eigenvalue weighted by molar-refractivity contribution is 5.84. The van der Waals surface area contributed by atoms with Crippen LogP contribution in [0.5, 0.6) is 0 Å². The molecule has 2 saturated heterocycles. The summed E-state index contributed by atoms with van der Waals surface area (Å²) in [5.74, 6) is -0.339. The molecule has 1 aromatic heterocycles. The van der Waals surface area contributed by atoms with Crippen molar-refractivity contribution >= 4 is 11.0 Å². The third-order valence-corrected chi connectivity index (χ3v) is 5.24. The fourth-order valence-corrected chi connectivity index (χ4v) is 4.13. The maximum Gasteiger partial charge on any atom is 0.336 e. The molecule has 0 radical (unpaired) electrons. The predicted octanol–water partition coefficient (Wildman–Crippen LogP) is 1.33. The highest BCUT2D eigenvalue weighted by Gasteiger charge is 2.41. The SMILES string of the molecule is Cc1cc(C)c2c(C[NH+]3CCC4(CC3)OCCO4)cc(=O)oc2c1. The summed E-state index contributed by atoms with van der Waals surface area (Å²) >= 11 is 0. The molecule has 2 fully saturated rings. The summed E-state index contributed by atoms with van der Waals surface area (Å²) in [6.45, 7) is 8.34. The average molecular weight is 330 g/mol. The highest BCUT2D eigenvalue weighted by atomic mass is 16.7. The first kappa shape index (κ1) is 15.8. The van der Waals surface area contributed by atoms with Crippen molar-refractivity contribution in [2.75, 3.05) is 26.3 Å². The predicted molar refractivity (Wildman–Crippen MR) is 90.2 cm³/mol. The minimum atomic E-state index is -0.339. The van der Waals surface area contributed by atoms with Gasteiger partial charge < -0.3 is 18.8 Å². The van der Waals surface area contributed by atoms with Crippen LogP contribution in [-0.4, -0.2) is 32.1 Å². The first-order valence-electron chi connectivity index (χ1n) is 8.70. The molecule has 0 aliphatic carbocycles. The molecule has 5 heteroatoms. The summed E-state index contributed by atoms with van der Waals surface area (Å²) in [4.78, 5) is 13.4. The number of fused-ring (bicyclic) bond motifs is 1. The lowest BCUT2D eigenvalue weighted by Gasteiger charge is -2.35. The standard InChI is InChI=1S/C19H23NO4/c1-13-9-14(2)18-15(11-17(21)24-16(18)10-13)12-20-5-3-19(4-6-20)22-7-8-23-19/h9-11H,3-8,12H2,1-2H3/p+1. The molecule has 0 amide bonds. The second-order valence-electron chi connectivity index (χ2n) is 7.08. The van der Waals surface area contributed by atoms with E-state index in [0.717, 1.165) is 49.0 Å². The number of quaternary nitrogens is 1. The van der Waals surface area contributed by atoms with Crippen molar-refractivity contribution in [2.24, 2.45) is 0 Å². The fourth-order valence-electron chi connectivity index (χ4n) is 4.13. The molecule has 5 nitrogen and oxygen atoms in total. The highest BCUT2D eigenvalue weighted by Crippen LogP contribution is 2.28. The minimum absolute atomic E-state index is 0.266. The number of hydrogen-bond acceptors (Lipinski definition) is 4. The van der Waals surface area contributed by atoms with E-state index in [1.807, 2.05) is 13.0 Å². The summed E-state index contributed by atoms with van der Waals surface area (Å²) in [7, 11) is 0. The summed E-state index contributed by atoms with van der Waals surface area (Å²) in [5.41, 5.74) is 3.79. The number of hydrogen-bond donors (Lipinski definition) is 1. The van der Waals surface area contributed by atoms with E-state index in [1.54, 1.807) is 6.07 Å². The molecular formula is C19H24NO4+. The van der Waals surface area contributed by atoms with Crippen LogP contribution in [0.4, 0.5) is 0 Å².